The number of amides is 1. The second-order valence-electron chi connectivity index (χ2n) is 6.10. The van der Waals surface area contributed by atoms with Crippen molar-refractivity contribution in [1.82, 2.24) is 4.90 Å². The molecule has 4 nitrogen and oxygen atoms in total. The predicted octanol–water partition coefficient (Wildman–Crippen LogP) is 3.59. The lowest BCUT2D eigenvalue weighted by atomic mass is 9.84. The average molecular weight is 283 g/mol. The lowest BCUT2D eigenvalue weighted by Crippen LogP contribution is -2.54. The third-order valence-electron chi connectivity index (χ3n) is 4.69. The summed E-state index contributed by atoms with van der Waals surface area (Å²) in [7, 11) is 1.64. The molecule has 0 bridgehead atoms. The smallest absolute Gasteiger partial charge is 0.329 e. The van der Waals surface area contributed by atoms with Crippen LogP contribution >= 0.6 is 0 Å². The predicted molar refractivity (Wildman–Crippen MR) is 79.6 cm³/mol. The van der Waals surface area contributed by atoms with E-state index < -0.39 is 11.5 Å². The van der Waals surface area contributed by atoms with Crippen molar-refractivity contribution < 1.29 is 14.7 Å². The van der Waals surface area contributed by atoms with Crippen molar-refractivity contribution in [2.24, 2.45) is 0 Å². The van der Waals surface area contributed by atoms with Crippen LogP contribution < -0.4 is 0 Å². The lowest BCUT2D eigenvalue weighted by molar-refractivity contribution is -0.158. The van der Waals surface area contributed by atoms with Gasteiger partial charge in [0.1, 0.15) is 5.54 Å². The molecule has 1 aliphatic rings. The summed E-state index contributed by atoms with van der Waals surface area (Å²) < 4.78 is 0. The number of rotatable bonds is 2. The maximum atomic E-state index is 11.8. The number of hydrogen-bond donors (Lipinski definition) is 1. The summed E-state index contributed by atoms with van der Waals surface area (Å²) in [4.78, 5) is 25.0. The van der Waals surface area contributed by atoms with Crippen LogP contribution in [0.4, 0.5) is 0 Å². The molecule has 0 saturated heterocycles. The minimum Gasteiger partial charge on any atom is -0.479 e. The molecule has 116 valence electrons. The van der Waals surface area contributed by atoms with Gasteiger partial charge in [-0.25, -0.2) is 4.79 Å². The average Bonchev–Trinajstić information content (AvgIpc) is 2.38. The van der Waals surface area contributed by atoms with Gasteiger partial charge in [0, 0.05) is 14.0 Å². The lowest BCUT2D eigenvalue weighted by Gasteiger charge is -2.38. The maximum Gasteiger partial charge on any atom is 0.329 e. The topological polar surface area (TPSA) is 57.6 Å². The fourth-order valence-electron chi connectivity index (χ4n) is 3.19. The van der Waals surface area contributed by atoms with Gasteiger partial charge in [-0.3, -0.25) is 4.79 Å². The highest BCUT2D eigenvalue weighted by atomic mass is 16.4. The standard InChI is InChI=1S/C16H29NO3/c1-14(18)17(2)16(15(19)20)12-10-8-6-4-3-5-7-9-11-13-16/h3-13H2,1-2H3,(H,19,20). The molecule has 0 unspecified atom stereocenters. The van der Waals surface area contributed by atoms with E-state index in [0.29, 0.717) is 12.8 Å². The molecule has 1 aliphatic carbocycles. The summed E-state index contributed by atoms with van der Waals surface area (Å²) in [6, 6.07) is 0. The van der Waals surface area contributed by atoms with Crippen LogP contribution in [-0.4, -0.2) is 34.5 Å². The van der Waals surface area contributed by atoms with Crippen LogP contribution in [0.25, 0.3) is 0 Å². The molecule has 1 amide bonds. The van der Waals surface area contributed by atoms with Gasteiger partial charge in [-0.15, -0.1) is 0 Å². The van der Waals surface area contributed by atoms with Gasteiger partial charge in [-0.2, -0.15) is 0 Å². The molecule has 1 fully saturated rings. The third kappa shape index (κ3) is 4.50. The van der Waals surface area contributed by atoms with Gasteiger partial charge in [-0.1, -0.05) is 57.8 Å². The van der Waals surface area contributed by atoms with E-state index >= 15 is 0 Å². The van der Waals surface area contributed by atoms with Gasteiger partial charge < -0.3 is 10.0 Å². The van der Waals surface area contributed by atoms with Gasteiger partial charge in [0.25, 0.3) is 0 Å². The van der Waals surface area contributed by atoms with E-state index in [9.17, 15) is 14.7 Å². The molecule has 0 atom stereocenters. The first kappa shape index (κ1) is 17.0. The molecule has 1 saturated carbocycles. The van der Waals surface area contributed by atoms with Gasteiger partial charge in [-0.05, 0) is 12.8 Å². The number of hydrogen-bond acceptors (Lipinski definition) is 2. The van der Waals surface area contributed by atoms with Crippen molar-refractivity contribution in [1.29, 1.82) is 0 Å². The quantitative estimate of drug-likeness (QED) is 0.842. The number of carbonyl (C=O) groups is 2. The van der Waals surface area contributed by atoms with E-state index in [1.807, 2.05) is 0 Å². The van der Waals surface area contributed by atoms with Crippen LogP contribution in [0.15, 0.2) is 0 Å². The summed E-state index contributed by atoms with van der Waals surface area (Å²) in [5.41, 5.74) is -0.995. The Morgan fingerprint density at radius 2 is 1.20 bits per heavy atom. The van der Waals surface area contributed by atoms with E-state index in [1.54, 1.807) is 7.05 Å². The van der Waals surface area contributed by atoms with E-state index in [1.165, 1.54) is 43.9 Å². The molecule has 0 aromatic carbocycles. The summed E-state index contributed by atoms with van der Waals surface area (Å²) in [6.07, 6.45) is 11.3. The Balaban J connectivity index is 2.83. The van der Waals surface area contributed by atoms with Crippen molar-refractivity contribution >= 4 is 11.9 Å². The number of carbonyl (C=O) groups excluding carboxylic acids is 1. The normalized spacial score (nSPS) is 21.3. The molecule has 4 heteroatoms. The molecular formula is C16H29NO3. The molecule has 20 heavy (non-hydrogen) atoms. The van der Waals surface area contributed by atoms with Gasteiger partial charge >= 0.3 is 5.97 Å². The molecule has 0 radical (unpaired) electrons. The number of likely N-dealkylation sites (N-methyl/N-ethyl adjacent to an activating group) is 1. The molecule has 0 aromatic heterocycles. The number of carboxylic acids is 1. The SMILES string of the molecule is CC(=O)N(C)C1(C(=O)O)CCCCCCCCCCC1. The summed E-state index contributed by atoms with van der Waals surface area (Å²) in [6.45, 7) is 1.46. The molecule has 0 spiro atoms. The van der Waals surface area contributed by atoms with Crippen molar-refractivity contribution in [2.45, 2.75) is 83.1 Å². The Bertz CT molecular complexity index is 316. The monoisotopic (exact) mass is 283 g/mol. The first-order valence-electron chi connectivity index (χ1n) is 7.98. The minimum atomic E-state index is -0.995. The second kappa shape index (κ2) is 8.28. The molecule has 0 aliphatic heterocycles. The van der Waals surface area contributed by atoms with E-state index in [4.69, 9.17) is 0 Å². The largest absolute Gasteiger partial charge is 0.479 e. The Morgan fingerprint density at radius 3 is 1.50 bits per heavy atom. The van der Waals surface area contributed by atoms with E-state index in [0.717, 1.165) is 25.7 Å². The van der Waals surface area contributed by atoms with Gasteiger partial charge in [0.15, 0.2) is 0 Å². The first-order chi connectivity index (χ1) is 9.50. The zero-order chi connectivity index (χ0) is 15.0. The van der Waals surface area contributed by atoms with Gasteiger partial charge in [0.05, 0.1) is 0 Å². The third-order valence-corrected chi connectivity index (χ3v) is 4.69. The van der Waals surface area contributed by atoms with Gasteiger partial charge in [0.2, 0.25) is 5.91 Å². The van der Waals surface area contributed by atoms with E-state index in [2.05, 4.69) is 0 Å². The van der Waals surface area contributed by atoms with Crippen LogP contribution in [0.5, 0.6) is 0 Å². The van der Waals surface area contributed by atoms with Crippen LogP contribution in [0, 0.1) is 0 Å². The Labute approximate surface area is 122 Å². The molecule has 0 aromatic rings. The van der Waals surface area contributed by atoms with Crippen LogP contribution in [0.1, 0.15) is 77.6 Å². The van der Waals surface area contributed by atoms with Crippen molar-refractivity contribution in [3.63, 3.8) is 0 Å². The Hall–Kier alpha value is -1.06. The molecule has 1 rings (SSSR count). The number of aliphatic carboxylic acids is 1. The Morgan fingerprint density at radius 1 is 0.850 bits per heavy atom. The molecule has 0 heterocycles. The fourth-order valence-corrected chi connectivity index (χ4v) is 3.19. The number of carboxylic acid groups (broad SMARTS) is 1. The summed E-state index contributed by atoms with van der Waals surface area (Å²) in [5, 5.41) is 9.72. The van der Waals surface area contributed by atoms with Crippen LogP contribution in [0.2, 0.25) is 0 Å². The molecule has 1 N–H and O–H groups in total. The second-order valence-corrected chi connectivity index (χ2v) is 6.10. The van der Waals surface area contributed by atoms with Crippen molar-refractivity contribution in [2.75, 3.05) is 7.05 Å². The zero-order valence-corrected chi connectivity index (χ0v) is 13.0. The Kier molecular flexibility index (Phi) is 7.03. The van der Waals surface area contributed by atoms with Crippen molar-refractivity contribution in [3.8, 4) is 0 Å². The maximum absolute atomic E-state index is 11.8. The number of nitrogens with zero attached hydrogens (tertiary/aromatic N) is 1. The zero-order valence-electron chi connectivity index (χ0n) is 13.0. The fraction of sp³-hybridized carbons (Fsp3) is 0.875. The highest BCUT2D eigenvalue weighted by Gasteiger charge is 2.42. The highest BCUT2D eigenvalue weighted by molar-refractivity contribution is 5.85. The van der Waals surface area contributed by atoms with Crippen LogP contribution in [0.3, 0.4) is 0 Å². The first-order valence-corrected chi connectivity index (χ1v) is 7.98. The summed E-state index contributed by atoms with van der Waals surface area (Å²) >= 11 is 0. The minimum absolute atomic E-state index is 0.153. The molecular weight excluding hydrogens is 254 g/mol. The van der Waals surface area contributed by atoms with Crippen LogP contribution in [-0.2, 0) is 9.59 Å². The summed E-state index contributed by atoms with van der Waals surface area (Å²) in [5.74, 6) is -0.994. The van der Waals surface area contributed by atoms with Crippen molar-refractivity contribution in [3.05, 3.63) is 0 Å². The highest BCUT2D eigenvalue weighted by Crippen LogP contribution is 2.30. The van der Waals surface area contributed by atoms with E-state index in [-0.39, 0.29) is 5.91 Å².